The van der Waals surface area contributed by atoms with Gasteiger partial charge >= 0.3 is 7.60 Å². The molecular formula is C7H11O4P. The lowest BCUT2D eigenvalue weighted by molar-refractivity contribution is -0.114. The van der Waals surface area contributed by atoms with E-state index in [0.29, 0.717) is 18.2 Å². The van der Waals surface area contributed by atoms with Gasteiger partial charge in [-0.15, -0.1) is 0 Å². The van der Waals surface area contributed by atoms with Crippen LogP contribution in [0.25, 0.3) is 0 Å². The second-order valence-corrected chi connectivity index (χ2v) is 4.76. The molecule has 12 heavy (non-hydrogen) atoms. The van der Waals surface area contributed by atoms with Crippen molar-refractivity contribution in [2.45, 2.75) is 12.8 Å². The topological polar surface area (TPSA) is 52.6 Å². The summed E-state index contributed by atoms with van der Waals surface area (Å²) in [5.74, 6) is -0.0145. The summed E-state index contributed by atoms with van der Waals surface area (Å²) in [4.78, 5) is 10.8. The molecule has 0 aromatic heterocycles. The Hall–Kier alpha value is -0.440. The zero-order valence-electron chi connectivity index (χ0n) is 7.07. The molecule has 4 nitrogen and oxygen atoms in total. The largest absolute Gasteiger partial charge is 0.356 e. The Morgan fingerprint density at radius 1 is 1.33 bits per heavy atom. The van der Waals surface area contributed by atoms with Gasteiger partial charge in [-0.2, -0.15) is 0 Å². The Morgan fingerprint density at radius 2 is 1.92 bits per heavy atom. The number of rotatable bonds is 3. The lowest BCUT2D eigenvalue weighted by atomic mass is 10.3. The molecule has 0 radical (unpaired) electrons. The van der Waals surface area contributed by atoms with E-state index < -0.39 is 7.60 Å². The van der Waals surface area contributed by atoms with Crippen molar-refractivity contribution in [3.05, 3.63) is 11.4 Å². The second kappa shape index (κ2) is 3.52. The highest BCUT2D eigenvalue weighted by atomic mass is 31.2. The van der Waals surface area contributed by atoms with Crippen LogP contribution in [0.3, 0.4) is 0 Å². The van der Waals surface area contributed by atoms with E-state index >= 15 is 0 Å². The molecule has 1 aliphatic carbocycles. The van der Waals surface area contributed by atoms with Crippen LogP contribution in [-0.4, -0.2) is 20.0 Å². The first-order valence-electron chi connectivity index (χ1n) is 3.58. The maximum Gasteiger partial charge on any atom is 0.356 e. The van der Waals surface area contributed by atoms with Crippen LogP contribution >= 0.6 is 7.60 Å². The van der Waals surface area contributed by atoms with E-state index in [0.717, 1.165) is 0 Å². The average molecular weight is 190 g/mol. The molecule has 68 valence electrons. The molecule has 0 aromatic rings. The number of allylic oxidation sites excluding steroid dienone is 2. The molecule has 0 heterocycles. The van der Waals surface area contributed by atoms with Crippen molar-refractivity contribution in [1.82, 2.24) is 0 Å². The van der Waals surface area contributed by atoms with E-state index in [9.17, 15) is 9.36 Å². The number of hydrogen-bond acceptors (Lipinski definition) is 4. The maximum absolute atomic E-state index is 11.6. The standard InChI is InChI=1S/C7H11O4P/c1-10-12(9,11-2)7-4-3-6(8)5-7/h5H,3-4H2,1-2H3. The molecule has 1 aliphatic rings. The third kappa shape index (κ3) is 1.66. The first-order chi connectivity index (χ1) is 5.62. The van der Waals surface area contributed by atoms with Gasteiger partial charge in [-0.05, 0) is 12.5 Å². The minimum Gasteiger partial charge on any atom is -0.309 e. The maximum atomic E-state index is 11.6. The fraction of sp³-hybridized carbons (Fsp3) is 0.571. The van der Waals surface area contributed by atoms with Gasteiger partial charge in [0.2, 0.25) is 0 Å². The van der Waals surface area contributed by atoms with Gasteiger partial charge in [-0.1, -0.05) is 0 Å². The molecule has 0 unspecified atom stereocenters. The van der Waals surface area contributed by atoms with E-state index in [1.54, 1.807) is 0 Å². The molecule has 0 fully saturated rings. The molecule has 0 N–H and O–H groups in total. The van der Waals surface area contributed by atoms with Crippen LogP contribution in [0.4, 0.5) is 0 Å². The first-order valence-corrected chi connectivity index (χ1v) is 5.12. The van der Waals surface area contributed by atoms with E-state index in [2.05, 4.69) is 0 Å². The van der Waals surface area contributed by atoms with Gasteiger partial charge in [0.15, 0.2) is 5.78 Å². The summed E-state index contributed by atoms with van der Waals surface area (Å²) in [5, 5.41) is 0.484. The highest BCUT2D eigenvalue weighted by molar-refractivity contribution is 7.58. The summed E-state index contributed by atoms with van der Waals surface area (Å²) in [7, 11) is -0.499. The summed E-state index contributed by atoms with van der Waals surface area (Å²) in [5.41, 5.74) is 0. The Bertz CT molecular complexity index is 261. The second-order valence-electron chi connectivity index (χ2n) is 2.46. The van der Waals surface area contributed by atoms with Crippen LogP contribution in [0.15, 0.2) is 11.4 Å². The Balaban J connectivity index is 2.88. The van der Waals surface area contributed by atoms with Crippen LogP contribution < -0.4 is 0 Å². The minimum absolute atomic E-state index is 0.0145. The van der Waals surface area contributed by atoms with Crippen molar-refractivity contribution in [2.24, 2.45) is 0 Å². The molecule has 0 saturated carbocycles. The monoisotopic (exact) mass is 190 g/mol. The Labute approximate surface area is 71.1 Å². The van der Waals surface area contributed by atoms with Crippen LogP contribution in [0, 0.1) is 0 Å². The zero-order valence-corrected chi connectivity index (χ0v) is 7.97. The zero-order chi connectivity index (χ0) is 9.19. The van der Waals surface area contributed by atoms with Crippen molar-refractivity contribution >= 4 is 13.4 Å². The van der Waals surface area contributed by atoms with Gasteiger partial charge in [0.1, 0.15) is 0 Å². The lowest BCUT2D eigenvalue weighted by Gasteiger charge is -2.13. The normalized spacial score (nSPS) is 18.2. The SMILES string of the molecule is COP(=O)(OC)C1=CC(=O)CC1. The van der Waals surface area contributed by atoms with Crippen molar-refractivity contribution in [1.29, 1.82) is 0 Å². The predicted molar refractivity (Wildman–Crippen MR) is 43.9 cm³/mol. The molecule has 0 amide bonds. The molecule has 5 heteroatoms. The van der Waals surface area contributed by atoms with Gasteiger partial charge in [0.25, 0.3) is 0 Å². The van der Waals surface area contributed by atoms with Crippen LogP contribution in [0.1, 0.15) is 12.8 Å². The molecule has 0 aliphatic heterocycles. The first kappa shape index (κ1) is 9.65. The highest BCUT2D eigenvalue weighted by Crippen LogP contribution is 2.57. The molecule has 0 saturated heterocycles. The van der Waals surface area contributed by atoms with Crippen molar-refractivity contribution in [2.75, 3.05) is 14.2 Å². The smallest absolute Gasteiger partial charge is 0.309 e. The molecular weight excluding hydrogens is 179 g/mol. The molecule has 0 spiro atoms. The third-order valence-corrected chi connectivity index (χ3v) is 3.81. The van der Waals surface area contributed by atoms with Gasteiger partial charge in [0.05, 0.1) is 0 Å². The van der Waals surface area contributed by atoms with Gasteiger partial charge in [0, 0.05) is 26.0 Å². The summed E-state index contributed by atoms with van der Waals surface area (Å²) in [6.45, 7) is 0. The molecule has 0 atom stereocenters. The number of hydrogen-bond donors (Lipinski definition) is 0. The summed E-state index contributed by atoms with van der Waals surface area (Å²) in [6.07, 6.45) is 2.25. The minimum atomic E-state index is -3.13. The van der Waals surface area contributed by atoms with Crippen LogP contribution in [0.2, 0.25) is 0 Å². The van der Waals surface area contributed by atoms with E-state index in [1.165, 1.54) is 20.3 Å². The predicted octanol–water partition coefficient (Wildman–Crippen LogP) is 1.72. The van der Waals surface area contributed by atoms with Crippen molar-refractivity contribution in [3.8, 4) is 0 Å². The number of carbonyl (C=O) groups is 1. The number of ketones is 1. The summed E-state index contributed by atoms with van der Waals surface area (Å²) in [6, 6.07) is 0. The van der Waals surface area contributed by atoms with Crippen molar-refractivity contribution < 1.29 is 18.4 Å². The van der Waals surface area contributed by atoms with E-state index in [4.69, 9.17) is 9.05 Å². The van der Waals surface area contributed by atoms with E-state index in [1.807, 2.05) is 0 Å². The number of carbonyl (C=O) groups excluding carboxylic acids is 1. The van der Waals surface area contributed by atoms with Crippen molar-refractivity contribution in [3.63, 3.8) is 0 Å². The summed E-state index contributed by atoms with van der Waals surface area (Å²) >= 11 is 0. The average Bonchev–Trinajstić information content (AvgIpc) is 2.51. The molecule has 0 bridgehead atoms. The highest BCUT2D eigenvalue weighted by Gasteiger charge is 2.31. The quantitative estimate of drug-likeness (QED) is 0.636. The summed E-state index contributed by atoms with van der Waals surface area (Å²) < 4.78 is 21.1. The molecule has 1 rings (SSSR count). The van der Waals surface area contributed by atoms with E-state index in [-0.39, 0.29) is 5.78 Å². The molecule has 0 aromatic carbocycles. The van der Waals surface area contributed by atoms with Crippen LogP contribution in [-0.2, 0) is 18.4 Å². The van der Waals surface area contributed by atoms with Gasteiger partial charge < -0.3 is 9.05 Å². The Kier molecular flexibility index (Phi) is 2.83. The van der Waals surface area contributed by atoms with Crippen LogP contribution in [0.5, 0.6) is 0 Å². The third-order valence-electron chi connectivity index (χ3n) is 1.79. The fourth-order valence-corrected chi connectivity index (χ4v) is 2.41. The fourth-order valence-electron chi connectivity index (χ4n) is 1.11. The lowest BCUT2D eigenvalue weighted by Crippen LogP contribution is -1.90. The Morgan fingerprint density at radius 3 is 2.25 bits per heavy atom. The van der Waals surface area contributed by atoms with Gasteiger partial charge in [-0.25, -0.2) is 0 Å². The van der Waals surface area contributed by atoms with Gasteiger partial charge in [-0.3, -0.25) is 9.36 Å².